The van der Waals surface area contributed by atoms with E-state index in [2.05, 4.69) is 19.2 Å². The Labute approximate surface area is 132 Å². The molecule has 1 rings (SSSR count). The van der Waals surface area contributed by atoms with Crippen LogP contribution in [0.25, 0.3) is 0 Å². The maximum Gasteiger partial charge on any atom is 0.303 e. The average Bonchev–Trinajstić information content (AvgIpc) is 2.45. The standard InChI is InChI=1S/C16H30N2O4/c1-4-12(5-2)22-14-9-11(6-7-15(20)21)8-13(17)16(14)18-10(3)19/h11-14,16H,4-9,17H2,1-3H3,(H,18,19)(H,20,21). The average molecular weight is 314 g/mol. The summed E-state index contributed by atoms with van der Waals surface area (Å²) in [5.74, 6) is -0.659. The summed E-state index contributed by atoms with van der Waals surface area (Å²) in [6.07, 6.45) is 4.06. The molecule has 0 radical (unpaired) electrons. The number of carbonyl (C=O) groups excluding carboxylic acids is 1. The van der Waals surface area contributed by atoms with Gasteiger partial charge in [0.1, 0.15) is 0 Å². The fourth-order valence-electron chi connectivity index (χ4n) is 3.25. The number of carboxylic acids is 1. The van der Waals surface area contributed by atoms with E-state index in [0.717, 1.165) is 25.7 Å². The minimum absolute atomic E-state index is 0.109. The first-order valence-electron chi connectivity index (χ1n) is 8.27. The summed E-state index contributed by atoms with van der Waals surface area (Å²) in [6, 6.07) is -0.394. The highest BCUT2D eigenvalue weighted by atomic mass is 16.5. The molecule has 1 saturated carbocycles. The molecule has 1 aliphatic carbocycles. The number of amides is 1. The number of nitrogens with two attached hydrogens (primary N) is 1. The van der Waals surface area contributed by atoms with Gasteiger partial charge in [0.15, 0.2) is 0 Å². The van der Waals surface area contributed by atoms with E-state index in [-0.39, 0.29) is 42.5 Å². The maximum atomic E-state index is 11.4. The van der Waals surface area contributed by atoms with Gasteiger partial charge in [-0.05, 0) is 38.0 Å². The van der Waals surface area contributed by atoms with Gasteiger partial charge in [-0.25, -0.2) is 0 Å². The molecule has 128 valence electrons. The van der Waals surface area contributed by atoms with Crippen LogP contribution in [0.15, 0.2) is 0 Å². The Morgan fingerprint density at radius 1 is 1.32 bits per heavy atom. The van der Waals surface area contributed by atoms with Crippen molar-refractivity contribution >= 4 is 11.9 Å². The molecule has 0 heterocycles. The van der Waals surface area contributed by atoms with Gasteiger partial charge in [-0.1, -0.05) is 13.8 Å². The number of rotatable bonds is 8. The van der Waals surface area contributed by atoms with Crippen LogP contribution in [0.2, 0.25) is 0 Å². The first kappa shape index (κ1) is 18.9. The summed E-state index contributed by atoms with van der Waals surface area (Å²) in [4.78, 5) is 22.2. The highest BCUT2D eigenvalue weighted by molar-refractivity contribution is 5.73. The number of hydrogen-bond donors (Lipinski definition) is 3. The fraction of sp³-hybridized carbons (Fsp3) is 0.875. The molecular formula is C16H30N2O4. The lowest BCUT2D eigenvalue weighted by Crippen LogP contribution is -2.59. The Kier molecular flexibility index (Phi) is 7.82. The summed E-state index contributed by atoms with van der Waals surface area (Å²) in [5.41, 5.74) is 6.23. The molecule has 1 fully saturated rings. The van der Waals surface area contributed by atoms with Crippen molar-refractivity contribution in [3.05, 3.63) is 0 Å². The largest absolute Gasteiger partial charge is 0.481 e. The van der Waals surface area contributed by atoms with E-state index in [0.29, 0.717) is 6.42 Å². The molecule has 4 atom stereocenters. The Morgan fingerprint density at radius 3 is 2.45 bits per heavy atom. The zero-order valence-corrected chi connectivity index (χ0v) is 13.9. The van der Waals surface area contributed by atoms with Gasteiger partial charge in [-0.3, -0.25) is 9.59 Å². The van der Waals surface area contributed by atoms with E-state index in [1.165, 1.54) is 6.92 Å². The van der Waals surface area contributed by atoms with Gasteiger partial charge in [0.25, 0.3) is 0 Å². The Hall–Kier alpha value is -1.14. The van der Waals surface area contributed by atoms with Gasteiger partial charge in [-0.2, -0.15) is 0 Å². The molecule has 0 aromatic carbocycles. The summed E-state index contributed by atoms with van der Waals surface area (Å²) in [6.45, 7) is 5.63. The van der Waals surface area contributed by atoms with E-state index in [1.54, 1.807) is 0 Å². The summed E-state index contributed by atoms with van der Waals surface area (Å²) in [7, 11) is 0. The summed E-state index contributed by atoms with van der Waals surface area (Å²) in [5, 5.41) is 11.8. The van der Waals surface area contributed by atoms with Gasteiger partial charge in [0.05, 0.1) is 18.2 Å². The van der Waals surface area contributed by atoms with E-state index < -0.39 is 5.97 Å². The minimum atomic E-state index is -0.782. The first-order valence-corrected chi connectivity index (χ1v) is 8.27. The predicted molar refractivity (Wildman–Crippen MR) is 84.4 cm³/mol. The van der Waals surface area contributed by atoms with Crippen molar-refractivity contribution in [3.63, 3.8) is 0 Å². The maximum absolute atomic E-state index is 11.4. The number of carboxylic acid groups (broad SMARTS) is 1. The van der Waals surface area contributed by atoms with Crippen LogP contribution in [0.5, 0.6) is 0 Å². The van der Waals surface area contributed by atoms with Crippen LogP contribution >= 0.6 is 0 Å². The fourth-order valence-corrected chi connectivity index (χ4v) is 3.25. The van der Waals surface area contributed by atoms with Gasteiger partial charge < -0.3 is 20.9 Å². The van der Waals surface area contributed by atoms with Crippen LogP contribution in [0.1, 0.15) is 59.3 Å². The Bertz CT molecular complexity index is 371. The monoisotopic (exact) mass is 314 g/mol. The Morgan fingerprint density at radius 2 is 1.95 bits per heavy atom. The van der Waals surface area contributed by atoms with E-state index in [4.69, 9.17) is 15.6 Å². The first-order chi connectivity index (χ1) is 10.4. The molecule has 0 spiro atoms. The smallest absolute Gasteiger partial charge is 0.303 e. The van der Waals surface area contributed by atoms with Crippen molar-refractivity contribution in [2.75, 3.05) is 0 Å². The molecule has 1 amide bonds. The molecule has 6 heteroatoms. The lowest BCUT2D eigenvalue weighted by molar-refractivity contribution is -0.137. The van der Waals surface area contributed by atoms with Crippen LogP contribution in [0, 0.1) is 5.92 Å². The number of nitrogens with one attached hydrogen (secondary N) is 1. The molecule has 0 saturated heterocycles. The van der Waals surface area contributed by atoms with Gasteiger partial charge >= 0.3 is 5.97 Å². The predicted octanol–water partition coefficient (Wildman–Crippen LogP) is 1.67. The quantitative estimate of drug-likeness (QED) is 0.632. The summed E-state index contributed by atoms with van der Waals surface area (Å²) >= 11 is 0. The van der Waals surface area contributed by atoms with E-state index >= 15 is 0 Å². The minimum Gasteiger partial charge on any atom is -0.481 e. The zero-order chi connectivity index (χ0) is 16.7. The van der Waals surface area contributed by atoms with Crippen molar-refractivity contribution in [3.8, 4) is 0 Å². The van der Waals surface area contributed by atoms with Gasteiger partial charge in [0.2, 0.25) is 5.91 Å². The number of hydrogen-bond acceptors (Lipinski definition) is 4. The molecule has 22 heavy (non-hydrogen) atoms. The summed E-state index contributed by atoms with van der Waals surface area (Å²) < 4.78 is 6.17. The zero-order valence-electron chi connectivity index (χ0n) is 13.9. The molecule has 0 bridgehead atoms. The van der Waals surface area contributed by atoms with Crippen molar-refractivity contribution in [1.82, 2.24) is 5.32 Å². The Balaban J connectivity index is 2.75. The SMILES string of the molecule is CCC(CC)OC1CC(CCC(=O)O)CC(N)C1NC(C)=O. The highest BCUT2D eigenvalue weighted by Crippen LogP contribution is 2.31. The van der Waals surface area contributed by atoms with Crippen molar-refractivity contribution in [2.45, 2.75) is 83.6 Å². The molecule has 1 aliphatic rings. The van der Waals surface area contributed by atoms with Gasteiger partial charge in [0, 0.05) is 19.4 Å². The third-order valence-electron chi connectivity index (χ3n) is 4.45. The second-order valence-corrected chi connectivity index (χ2v) is 6.27. The van der Waals surface area contributed by atoms with Crippen LogP contribution in [-0.2, 0) is 14.3 Å². The van der Waals surface area contributed by atoms with Crippen molar-refractivity contribution in [2.24, 2.45) is 11.7 Å². The lowest BCUT2D eigenvalue weighted by atomic mass is 9.78. The molecule has 6 nitrogen and oxygen atoms in total. The number of ether oxygens (including phenoxy) is 1. The molecule has 0 aromatic heterocycles. The second-order valence-electron chi connectivity index (χ2n) is 6.27. The normalized spacial score (nSPS) is 28.6. The third kappa shape index (κ3) is 5.93. The third-order valence-corrected chi connectivity index (χ3v) is 4.45. The van der Waals surface area contributed by atoms with Crippen LogP contribution in [-0.4, -0.2) is 41.3 Å². The van der Waals surface area contributed by atoms with E-state index in [1.807, 2.05) is 0 Å². The lowest BCUT2D eigenvalue weighted by Gasteiger charge is -2.41. The topological polar surface area (TPSA) is 102 Å². The molecule has 0 aliphatic heterocycles. The highest BCUT2D eigenvalue weighted by Gasteiger charge is 2.38. The van der Waals surface area contributed by atoms with E-state index in [9.17, 15) is 9.59 Å². The van der Waals surface area contributed by atoms with Crippen molar-refractivity contribution in [1.29, 1.82) is 0 Å². The number of carbonyl (C=O) groups is 2. The molecule has 4 N–H and O–H groups in total. The molecular weight excluding hydrogens is 284 g/mol. The molecule has 4 unspecified atom stereocenters. The second kappa shape index (κ2) is 9.10. The molecule has 0 aromatic rings. The van der Waals surface area contributed by atoms with Crippen molar-refractivity contribution < 1.29 is 19.4 Å². The number of aliphatic carboxylic acids is 1. The van der Waals surface area contributed by atoms with Crippen LogP contribution < -0.4 is 11.1 Å². The van der Waals surface area contributed by atoms with Gasteiger partial charge in [-0.15, -0.1) is 0 Å². The van der Waals surface area contributed by atoms with Crippen LogP contribution in [0.3, 0.4) is 0 Å². The van der Waals surface area contributed by atoms with Crippen LogP contribution in [0.4, 0.5) is 0 Å².